The van der Waals surface area contributed by atoms with Crippen molar-refractivity contribution in [3.05, 3.63) is 0 Å². The molecule has 2 rings (SSSR count). The number of rotatable bonds is 1. The van der Waals surface area contributed by atoms with Crippen molar-refractivity contribution in [1.82, 2.24) is 4.90 Å². The number of nitrogens with zero attached hydrogens (tertiary/aromatic N) is 1. The molecule has 1 saturated heterocycles. The van der Waals surface area contributed by atoms with Gasteiger partial charge in [-0.1, -0.05) is 19.8 Å². The third kappa shape index (κ3) is 2.05. The summed E-state index contributed by atoms with van der Waals surface area (Å²) in [5, 5.41) is 0. The molecular weight excluding hydrogens is 160 g/mol. The van der Waals surface area contributed by atoms with Crippen LogP contribution in [0.1, 0.15) is 39.0 Å². The molecule has 2 fully saturated rings. The van der Waals surface area contributed by atoms with E-state index in [1.165, 1.54) is 45.2 Å². The highest BCUT2D eigenvalue weighted by atomic mass is 15.2. The summed E-state index contributed by atoms with van der Waals surface area (Å²) in [5.74, 6) is 0.703. The molecule has 2 atom stereocenters. The summed E-state index contributed by atoms with van der Waals surface area (Å²) >= 11 is 0. The van der Waals surface area contributed by atoms with E-state index >= 15 is 0 Å². The zero-order valence-electron chi connectivity index (χ0n) is 8.71. The van der Waals surface area contributed by atoms with Crippen LogP contribution in [0.25, 0.3) is 0 Å². The fourth-order valence-electron chi connectivity index (χ4n) is 2.80. The average molecular weight is 182 g/mol. The number of hydrogen-bond donors (Lipinski definition) is 1. The van der Waals surface area contributed by atoms with E-state index in [2.05, 4.69) is 11.8 Å². The fourth-order valence-corrected chi connectivity index (χ4v) is 2.80. The van der Waals surface area contributed by atoms with Crippen LogP contribution in [0.2, 0.25) is 0 Å². The van der Waals surface area contributed by atoms with Crippen molar-refractivity contribution < 1.29 is 0 Å². The van der Waals surface area contributed by atoms with Gasteiger partial charge in [-0.2, -0.15) is 0 Å². The van der Waals surface area contributed by atoms with Crippen molar-refractivity contribution in [3.63, 3.8) is 0 Å². The van der Waals surface area contributed by atoms with E-state index in [1.807, 2.05) is 0 Å². The van der Waals surface area contributed by atoms with Crippen molar-refractivity contribution in [2.75, 3.05) is 13.1 Å². The van der Waals surface area contributed by atoms with Gasteiger partial charge in [0.05, 0.1) is 0 Å². The molecule has 1 saturated carbocycles. The van der Waals surface area contributed by atoms with Crippen molar-refractivity contribution in [1.29, 1.82) is 0 Å². The summed E-state index contributed by atoms with van der Waals surface area (Å²) < 4.78 is 0. The Hall–Kier alpha value is -0.0800. The summed E-state index contributed by atoms with van der Waals surface area (Å²) in [4.78, 5) is 2.68. The zero-order valence-corrected chi connectivity index (χ0v) is 8.71. The van der Waals surface area contributed by atoms with E-state index in [-0.39, 0.29) is 0 Å². The van der Waals surface area contributed by atoms with Gasteiger partial charge < -0.3 is 10.6 Å². The molecule has 0 radical (unpaired) electrons. The van der Waals surface area contributed by atoms with Gasteiger partial charge in [-0.05, 0) is 31.7 Å². The van der Waals surface area contributed by atoms with Crippen LogP contribution in [0.4, 0.5) is 0 Å². The third-order valence-electron chi connectivity index (χ3n) is 3.84. The Labute approximate surface area is 81.5 Å². The summed E-state index contributed by atoms with van der Waals surface area (Å²) in [5.41, 5.74) is 6.01. The molecule has 0 aromatic rings. The number of piperidine rings is 1. The van der Waals surface area contributed by atoms with Crippen LogP contribution in [0, 0.1) is 5.92 Å². The predicted octanol–water partition coefficient (Wildman–Crippen LogP) is 1.60. The van der Waals surface area contributed by atoms with Gasteiger partial charge in [-0.3, -0.25) is 0 Å². The van der Waals surface area contributed by atoms with E-state index < -0.39 is 0 Å². The molecule has 13 heavy (non-hydrogen) atoms. The standard InChI is InChI=1S/C11H22N2/c1-9-8-13(7-6-11(9)12)10-4-2-3-5-10/h9-11H,2-8,12H2,1H3. The van der Waals surface area contributed by atoms with Crippen LogP contribution in [-0.4, -0.2) is 30.1 Å². The van der Waals surface area contributed by atoms with Gasteiger partial charge in [0.15, 0.2) is 0 Å². The van der Waals surface area contributed by atoms with Crippen LogP contribution in [-0.2, 0) is 0 Å². The van der Waals surface area contributed by atoms with E-state index in [1.54, 1.807) is 0 Å². The first-order chi connectivity index (χ1) is 6.27. The first kappa shape index (κ1) is 9.47. The number of nitrogens with two attached hydrogens (primary N) is 1. The Morgan fingerprint density at radius 1 is 1.15 bits per heavy atom. The summed E-state index contributed by atoms with van der Waals surface area (Å²) in [6, 6.07) is 1.35. The quantitative estimate of drug-likeness (QED) is 0.667. The SMILES string of the molecule is CC1CN(C2CCCC2)CCC1N. The molecule has 0 aromatic heterocycles. The van der Waals surface area contributed by atoms with Gasteiger partial charge in [-0.25, -0.2) is 0 Å². The highest BCUT2D eigenvalue weighted by molar-refractivity contribution is 4.85. The second kappa shape index (κ2) is 3.97. The molecule has 2 N–H and O–H groups in total. The summed E-state index contributed by atoms with van der Waals surface area (Å²) in [6.45, 7) is 4.79. The lowest BCUT2D eigenvalue weighted by atomic mass is 9.93. The van der Waals surface area contributed by atoms with E-state index in [9.17, 15) is 0 Å². The molecule has 1 aliphatic heterocycles. The predicted molar refractivity (Wildman–Crippen MR) is 55.6 cm³/mol. The second-order valence-corrected chi connectivity index (χ2v) is 4.86. The smallest absolute Gasteiger partial charge is 0.00953 e. The normalized spacial score (nSPS) is 38.3. The van der Waals surface area contributed by atoms with Gasteiger partial charge in [-0.15, -0.1) is 0 Å². The van der Waals surface area contributed by atoms with Gasteiger partial charge >= 0.3 is 0 Å². The molecular formula is C11H22N2. The van der Waals surface area contributed by atoms with Crippen LogP contribution in [0.5, 0.6) is 0 Å². The fraction of sp³-hybridized carbons (Fsp3) is 1.00. The largest absolute Gasteiger partial charge is 0.327 e. The lowest BCUT2D eigenvalue weighted by Gasteiger charge is -2.38. The molecule has 0 aromatic carbocycles. The number of likely N-dealkylation sites (tertiary alicyclic amines) is 1. The molecule has 0 spiro atoms. The Bertz CT molecular complexity index is 163. The van der Waals surface area contributed by atoms with Gasteiger partial charge in [0.2, 0.25) is 0 Å². The highest BCUT2D eigenvalue weighted by Crippen LogP contribution is 2.27. The average Bonchev–Trinajstić information content (AvgIpc) is 2.62. The van der Waals surface area contributed by atoms with Gasteiger partial charge in [0.25, 0.3) is 0 Å². The van der Waals surface area contributed by atoms with Crippen molar-refractivity contribution in [2.24, 2.45) is 11.7 Å². The Morgan fingerprint density at radius 3 is 2.46 bits per heavy atom. The van der Waals surface area contributed by atoms with Crippen molar-refractivity contribution in [3.8, 4) is 0 Å². The topological polar surface area (TPSA) is 29.3 Å². The third-order valence-corrected chi connectivity index (χ3v) is 3.84. The molecule has 2 nitrogen and oxygen atoms in total. The second-order valence-electron chi connectivity index (χ2n) is 4.86. The van der Waals surface area contributed by atoms with E-state index in [4.69, 9.17) is 5.73 Å². The maximum Gasteiger partial charge on any atom is 0.00953 e. The maximum atomic E-state index is 6.01. The molecule has 0 bridgehead atoms. The monoisotopic (exact) mass is 182 g/mol. The molecule has 2 heteroatoms. The molecule has 0 amide bonds. The first-order valence-electron chi connectivity index (χ1n) is 5.77. The number of hydrogen-bond acceptors (Lipinski definition) is 2. The minimum atomic E-state index is 0.456. The van der Waals surface area contributed by atoms with E-state index in [0.717, 1.165) is 6.04 Å². The lowest BCUT2D eigenvalue weighted by molar-refractivity contribution is 0.118. The Morgan fingerprint density at radius 2 is 1.85 bits per heavy atom. The minimum absolute atomic E-state index is 0.456. The first-order valence-corrected chi connectivity index (χ1v) is 5.77. The Kier molecular flexibility index (Phi) is 2.89. The van der Waals surface area contributed by atoms with Crippen LogP contribution >= 0.6 is 0 Å². The highest BCUT2D eigenvalue weighted by Gasteiger charge is 2.29. The Balaban J connectivity index is 1.87. The zero-order chi connectivity index (χ0) is 9.26. The molecule has 1 aliphatic carbocycles. The van der Waals surface area contributed by atoms with Gasteiger partial charge in [0, 0.05) is 18.6 Å². The lowest BCUT2D eigenvalue weighted by Crippen LogP contribution is -2.49. The van der Waals surface area contributed by atoms with Crippen LogP contribution < -0.4 is 5.73 Å². The van der Waals surface area contributed by atoms with Crippen molar-refractivity contribution in [2.45, 2.75) is 51.1 Å². The summed E-state index contributed by atoms with van der Waals surface area (Å²) in [6.07, 6.45) is 6.96. The molecule has 76 valence electrons. The van der Waals surface area contributed by atoms with Crippen molar-refractivity contribution >= 4 is 0 Å². The van der Waals surface area contributed by atoms with E-state index in [0.29, 0.717) is 12.0 Å². The van der Waals surface area contributed by atoms with Gasteiger partial charge in [0.1, 0.15) is 0 Å². The minimum Gasteiger partial charge on any atom is -0.327 e. The molecule has 1 heterocycles. The van der Waals surface area contributed by atoms with Crippen LogP contribution in [0.15, 0.2) is 0 Å². The summed E-state index contributed by atoms with van der Waals surface area (Å²) in [7, 11) is 0. The van der Waals surface area contributed by atoms with Crippen LogP contribution in [0.3, 0.4) is 0 Å². The maximum absolute atomic E-state index is 6.01. The molecule has 2 aliphatic rings. The molecule has 2 unspecified atom stereocenters.